The van der Waals surface area contributed by atoms with E-state index in [1.165, 1.54) is 33.4 Å². The number of rotatable bonds is 8. The molecular weight excluding hydrogens is 520 g/mol. The van der Waals surface area contributed by atoms with Gasteiger partial charge in [0.05, 0.1) is 13.2 Å². The molecule has 1 aliphatic rings. The molecule has 2 N–H and O–H groups in total. The Morgan fingerprint density at radius 3 is 1.24 bits per heavy atom. The van der Waals surface area contributed by atoms with Gasteiger partial charge in [-0.1, -0.05) is 122 Å². The van der Waals surface area contributed by atoms with Crippen LogP contribution in [0.4, 0.5) is 0 Å². The van der Waals surface area contributed by atoms with Gasteiger partial charge in [0.15, 0.2) is 0 Å². The van der Waals surface area contributed by atoms with Crippen LogP contribution < -0.4 is 9.47 Å². The number of benzene rings is 4. The van der Waals surface area contributed by atoms with E-state index in [4.69, 9.17) is 19.7 Å². The lowest BCUT2D eigenvalue weighted by Crippen LogP contribution is -2.14. The van der Waals surface area contributed by atoms with Gasteiger partial charge in [-0.15, -0.1) is 0 Å². The summed E-state index contributed by atoms with van der Waals surface area (Å²) < 4.78 is 10.7. The maximum atomic E-state index is 8.70. The summed E-state index contributed by atoms with van der Waals surface area (Å²) in [5, 5.41) is 17.4. The number of fused-ring (bicyclic) bond motifs is 3. The van der Waals surface area contributed by atoms with Gasteiger partial charge >= 0.3 is 0 Å². The molecule has 0 aromatic heterocycles. The van der Waals surface area contributed by atoms with Crippen LogP contribution in [0.3, 0.4) is 0 Å². The van der Waals surface area contributed by atoms with Crippen molar-refractivity contribution >= 4 is 0 Å². The summed E-state index contributed by atoms with van der Waals surface area (Å²) in [6.45, 7) is 14.0. The highest BCUT2D eigenvalue weighted by molar-refractivity contribution is 5.80. The molecule has 4 aromatic rings. The Hall–Kier alpha value is -3.60. The van der Waals surface area contributed by atoms with Gasteiger partial charge in [-0.3, -0.25) is 0 Å². The van der Waals surface area contributed by atoms with E-state index in [0.29, 0.717) is 18.6 Å². The van der Waals surface area contributed by atoms with Gasteiger partial charge in [0.25, 0.3) is 0 Å². The molecule has 4 nitrogen and oxygen atoms in total. The molecule has 0 atom stereocenters. The third-order valence-corrected chi connectivity index (χ3v) is 6.47. The van der Waals surface area contributed by atoms with Gasteiger partial charge in [-0.05, 0) is 69.5 Å². The molecule has 0 radical (unpaired) electrons. The van der Waals surface area contributed by atoms with Crippen LogP contribution in [0.15, 0.2) is 97.1 Å². The fourth-order valence-electron chi connectivity index (χ4n) is 4.64. The van der Waals surface area contributed by atoms with E-state index < -0.39 is 0 Å². The number of ether oxygens (including phenoxy) is 2. The van der Waals surface area contributed by atoms with Gasteiger partial charge < -0.3 is 19.7 Å². The van der Waals surface area contributed by atoms with E-state index >= 15 is 0 Å². The van der Waals surface area contributed by atoms with Crippen molar-refractivity contribution in [2.75, 3.05) is 26.4 Å². The van der Waals surface area contributed by atoms with Crippen LogP contribution in [-0.4, -0.2) is 36.6 Å². The Morgan fingerprint density at radius 1 is 0.571 bits per heavy atom. The lowest BCUT2D eigenvalue weighted by atomic mass is 9.82. The van der Waals surface area contributed by atoms with E-state index in [0.717, 1.165) is 17.9 Å². The molecule has 4 aromatic carbocycles. The molecule has 0 heterocycles. The van der Waals surface area contributed by atoms with Crippen molar-refractivity contribution in [2.45, 2.75) is 60.8 Å². The van der Waals surface area contributed by atoms with Crippen molar-refractivity contribution in [1.82, 2.24) is 0 Å². The third-order valence-electron chi connectivity index (χ3n) is 6.47. The van der Waals surface area contributed by atoms with E-state index in [1.54, 1.807) is 0 Å². The van der Waals surface area contributed by atoms with Crippen LogP contribution in [-0.2, 0) is 11.8 Å². The van der Waals surface area contributed by atoms with E-state index in [1.807, 2.05) is 48.5 Å². The van der Waals surface area contributed by atoms with Gasteiger partial charge in [0.1, 0.15) is 24.7 Å². The Balaban J connectivity index is 0.000000256. The number of aliphatic hydroxyl groups is 2. The first kappa shape index (κ1) is 34.6. The molecule has 0 spiro atoms. The van der Waals surface area contributed by atoms with Gasteiger partial charge in [0.2, 0.25) is 0 Å². The molecule has 0 saturated carbocycles. The second kappa shape index (κ2) is 16.1. The maximum absolute atomic E-state index is 8.70. The second-order valence-electron chi connectivity index (χ2n) is 12.3. The van der Waals surface area contributed by atoms with Gasteiger partial charge in [0, 0.05) is 5.41 Å². The monoisotopic (exact) mass is 570 g/mol. The van der Waals surface area contributed by atoms with E-state index in [2.05, 4.69) is 90.1 Å². The topological polar surface area (TPSA) is 58.9 Å². The normalized spacial score (nSPS) is 12.3. The quantitative estimate of drug-likeness (QED) is 0.222. The van der Waals surface area contributed by atoms with Crippen LogP contribution in [0.25, 0.3) is 11.1 Å². The minimum atomic E-state index is 0. The highest BCUT2D eigenvalue weighted by Gasteiger charge is 2.34. The van der Waals surface area contributed by atoms with E-state index in [9.17, 15) is 0 Å². The highest BCUT2D eigenvalue weighted by atomic mass is 16.5. The summed E-state index contributed by atoms with van der Waals surface area (Å²) in [6, 6.07) is 33.1. The molecule has 42 heavy (non-hydrogen) atoms. The highest BCUT2D eigenvalue weighted by Crippen LogP contribution is 2.48. The first-order valence-corrected chi connectivity index (χ1v) is 14.4. The molecule has 0 aliphatic heterocycles. The zero-order valence-corrected chi connectivity index (χ0v) is 25.5. The minimum Gasteiger partial charge on any atom is -0.491 e. The van der Waals surface area contributed by atoms with Crippen molar-refractivity contribution in [2.24, 2.45) is 5.41 Å². The van der Waals surface area contributed by atoms with Crippen LogP contribution >= 0.6 is 0 Å². The van der Waals surface area contributed by atoms with Crippen molar-refractivity contribution < 1.29 is 19.7 Å². The lowest BCUT2D eigenvalue weighted by molar-refractivity contribution is 0.201. The Labute approximate surface area is 254 Å². The van der Waals surface area contributed by atoms with Crippen molar-refractivity contribution in [3.63, 3.8) is 0 Å². The predicted octanol–water partition coefficient (Wildman–Crippen LogP) is 8.70. The molecule has 4 heteroatoms. The minimum absolute atomic E-state index is 0. The maximum Gasteiger partial charge on any atom is 0.119 e. The summed E-state index contributed by atoms with van der Waals surface area (Å²) in [5.74, 6) is 1.53. The largest absolute Gasteiger partial charge is 0.491 e. The Bertz CT molecular complexity index is 1230. The first-order valence-electron chi connectivity index (χ1n) is 14.4. The summed E-state index contributed by atoms with van der Waals surface area (Å²) in [4.78, 5) is 0. The zero-order valence-electron chi connectivity index (χ0n) is 25.5. The second-order valence-corrected chi connectivity index (χ2v) is 12.3. The van der Waals surface area contributed by atoms with Crippen LogP contribution in [0.5, 0.6) is 11.5 Å². The van der Waals surface area contributed by atoms with Crippen molar-refractivity contribution in [1.29, 1.82) is 0 Å². The van der Waals surface area contributed by atoms with E-state index in [-0.39, 0.29) is 26.1 Å². The van der Waals surface area contributed by atoms with Gasteiger partial charge in [-0.2, -0.15) is 0 Å². The predicted molar refractivity (Wildman–Crippen MR) is 177 cm³/mol. The smallest absolute Gasteiger partial charge is 0.119 e. The molecule has 0 saturated heterocycles. The summed E-state index contributed by atoms with van der Waals surface area (Å²) in [7, 11) is 0. The van der Waals surface area contributed by atoms with Crippen molar-refractivity contribution in [3.8, 4) is 22.6 Å². The van der Waals surface area contributed by atoms with Crippen molar-refractivity contribution in [3.05, 3.63) is 119 Å². The average molecular weight is 571 g/mol. The molecule has 0 fully saturated rings. The zero-order chi connectivity index (χ0) is 29.9. The summed E-state index contributed by atoms with van der Waals surface area (Å²) in [6.07, 6.45) is 0.834. The van der Waals surface area contributed by atoms with Crippen LogP contribution in [0.1, 0.15) is 71.2 Å². The molecule has 0 unspecified atom stereocenters. The third kappa shape index (κ3) is 10.3. The first-order chi connectivity index (χ1) is 19.5. The molecule has 226 valence electrons. The summed E-state index contributed by atoms with van der Waals surface area (Å²) in [5.41, 5.74) is 8.74. The standard InChI is InChI=1S/C17H20O4.C15H14.C5H12.CH4/c18-9-11-20-16-5-1-14(2-6-16)13-15-3-7-17(8-4-15)21-12-10-19;1-15(2)13-9-5-3-7-11(13)12-8-4-6-10-14(12)15;1-5(2,3)4;/h1-8,18-19H,9-13H2;3-10H,1-2H3;1-4H3;1H4. The fraction of sp³-hybridized carbons (Fsp3) is 0.368. The molecular formula is C38H50O4. The number of hydrogen-bond donors (Lipinski definition) is 2. The fourth-order valence-corrected chi connectivity index (χ4v) is 4.64. The number of hydrogen-bond acceptors (Lipinski definition) is 4. The molecule has 1 aliphatic carbocycles. The number of aliphatic hydroxyl groups excluding tert-OH is 2. The van der Waals surface area contributed by atoms with Crippen LogP contribution in [0.2, 0.25) is 0 Å². The Kier molecular flexibility index (Phi) is 13.3. The summed E-state index contributed by atoms with van der Waals surface area (Å²) >= 11 is 0. The van der Waals surface area contributed by atoms with Gasteiger partial charge in [-0.25, -0.2) is 0 Å². The van der Waals surface area contributed by atoms with Crippen LogP contribution in [0, 0.1) is 5.41 Å². The SMILES string of the molecule is C.CC(C)(C)C.CC1(C)c2ccccc2-c2ccccc21.OCCOc1ccc(Cc2ccc(OCCO)cc2)cc1. The lowest BCUT2D eigenvalue weighted by Gasteiger charge is -2.20. The Morgan fingerprint density at radius 2 is 0.905 bits per heavy atom. The molecule has 0 bridgehead atoms. The molecule has 0 amide bonds. The average Bonchev–Trinajstić information content (AvgIpc) is 3.19. The molecule has 5 rings (SSSR count).